The molecule has 5 heteroatoms. The normalized spacial score (nSPS) is 10.7. The van der Waals surface area contributed by atoms with Crippen molar-refractivity contribution in [2.75, 3.05) is 12.0 Å². The second kappa shape index (κ2) is 5.38. The van der Waals surface area contributed by atoms with Crippen LogP contribution in [0.5, 0.6) is 0 Å². The lowest BCUT2D eigenvalue weighted by Gasteiger charge is -2.06. The highest BCUT2D eigenvalue weighted by atomic mass is 32.2. The summed E-state index contributed by atoms with van der Waals surface area (Å²) in [6, 6.07) is 11.9. The lowest BCUT2D eigenvalue weighted by molar-refractivity contribution is 0.439. The Balaban J connectivity index is 2.22. The standard InChI is InChI=1S/C15H13N3OS/c1-20-12-5-3-2-4-11(12)14-13(15(16)19-18-14)10-6-8-17-9-7-10/h2-9H,16H2,1H3. The first-order valence-electron chi connectivity index (χ1n) is 6.10. The van der Waals surface area contributed by atoms with Crippen molar-refractivity contribution in [2.45, 2.75) is 4.90 Å². The fraction of sp³-hybridized carbons (Fsp3) is 0.0667. The Hall–Kier alpha value is -2.27. The van der Waals surface area contributed by atoms with Crippen molar-refractivity contribution >= 4 is 17.6 Å². The van der Waals surface area contributed by atoms with Gasteiger partial charge < -0.3 is 10.3 Å². The monoisotopic (exact) mass is 283 g/mol. The summed E-state index contributed by atoms with van der Waals surface area (Å²) in [4.78, 5) is 5.16. The van der Waals surface area contributed by atoms with E-state index < -0.39 is 0 Å². The molecule has 0 fully saturated rings. The van der Waals surface area contributed by atoms with E-state index >= 15 is 0 Å². The van der Waals surface area contributed by atoms with Crippen molar-refractivity contribution in [3.8, 4) is 22.4 Å². The van der Waals surface area contributed by atoms with Crippen LogP contribution in [0.25, 0.3) is 22.4 Å². The van der Waals surface area contributed by atoms with Gasteiger partial charge in [-0.15, -0.1) is 11.8 Å². The van der Waals surface area contributed by atoms with Crippen molar-refractivity contribution in [1.29, 1.82) is 0 Å². The van der Waals surface area contributed by atoms with Crippen LogP contribution in [-0.2, 0) is 0 Å². The van der Waals surface area contributed by atoms with Crippen LogP contribution in [0.3, 0.4) is 0 Å². The van der Waals surface area contributed by atoms with Gasteiger partial charge in [-0.3, -0.25) is 4.98 Å². The Kier molecular flexibility index (Phi) is 3.43. The van der Waals surface area contributed by atoms with Gasteiger partial charge in [-0.25, -0.2) is 0 Å². The molecule has 0 radical (unpaired) electrons. The second-order valence-electron chi connectivity index (χ2n) is 4.21. The molecular formula is C15H13N3OS. The summed E-state index contributed by atoms with van der Waals surface area (Å²) >= 11 is 1.67. The zero-order chi connectivity index (χ0) is 13.9. The number of nitrogens with two attached hydrogens (primary N) is 1. The molecule has 0 saturated heterocycles. The van der Waals surface area contributed by atoms with Gasteiger partial charge in [0.2, 0.25) is 5.88 Å². The average molecular weight is 283 g/mol. The number of rotatable bonds is 3. The van der Waals surface area contributed by atoms with E-state index in [1.165, 1.54) is 0 Å². The lowest BCUT2D eigenvalue weighted by atomic mass is 10.0. The zero-order valence-corrected chi connectivity index (χ0v) is 11.7. The second-order valence-corrected chi connectivity index (χ2v) is 5.05. The largest absolute Gasteiger partial charge is 0.367 e. The fourth-order valence-corrected chi connectivity index (χ4v) is 2.72. The minimum atomic E-state index is 0.321. The number of nitrogens with zero attached hydrogens (tertiary/aromatic N) is 2. The van der Waals surface area contributed by atoms with Gasteiger partial charge in [0.05, 0.1) is 5.56 Å². The first-order valence-corrected chi connectivity index (χ1v) is 7.32. The van der Waals surface area contributed by atoms with Gasteiger partial charge in [-0.1, -0.05) is 23.4 Å². The maximum atomic E-state index is 5.95. The highest BCUT2D eigenvalue weighted by Crippen LogP contribution is 2.39. The molecular weight excluding hydrogens is 270 g/mol. The Morgan fingerprint density at radius 2 is 1.85 bits per heavy atom. The lowest BCUT2D eigenvalue weighted by Crippen LogP contribution is -1.89. The van der Waals surface area contributed by atoms with Crippen molar-refractivity contribution in [3.05, 3.63) is 48.8 Å². The molecule has 0 aliphatic carbocycles. The van der Waals surface area contributed by atoms with Gasteiger partial charge in [-0.2, -0.15) is 0 Å². The zero-order valence-electron chi connectivity index (χ0n) is 10.9. The molecule has 0 aliphatic heterocycles. The summed E-state index contributed by atoms with van der Waals surface area (Å²) in [5, 5.41) is 4.14. The predicted molar refractivity (Wildman–Crippen MR) is 81.4 cm³/mol. The maximum absolute atomic E-state index is 5.95. The van der Waals surface area contributed by atoms with E-state index in [0.29, 0.717) is 5.88 Å². The Morgan fingerprint density at radius 1 is 1.10 bits per heavy atom. The molecule has 0 aliphatic rings. The van der Waals surface area contributed by atoms with Crippen molar-refractivity contribution in [2.24, 2.45) is 0 Å². The Labute approximate surface area is 121 Å². The molecule has 2 aromatic heterocycles. The van der Waals surface area contributed by atoms with Crippen LogP contribution in [-0.4, -0.2) is 16.4 Å². The smallest absolute Gasteiger partial charge is 0.230 e. The molecule has 100 valence electrons. The Bertz CT molecular complexity index is 725. The first kappa shape index (κ1) is 12.7. The molecule has 3 aromatic rings. The van der Waals surface area contributed by atoms with Gasteiger partial charge in [0.25, 0.3) is 0 Å². The molecule has 1 aromatic carbocycles. The third kappa shape index (κ3) is 2.16. The number of hydrogen-bond donors (Lipinski definition) is 1. The highest BCUT2D eigenvalue weighted by Gasteiger charge is 2.19. The van der Waals surface area contributed by atoms with E-state index in [4.69, 9.17) is 10.3 Å². The summed E-state index contributed by atoms with van der Waals surface area (Å²) in [5.74, 6) is 0.321. The molecule has 20 heavy (non-hydrogen) atoms. The summed E-state index contributed by atoms with van der Waals surface area (Å²) in [5.41, 5.74) is 9.49. The van der Waals surface area contributed by atoms with Crippen LogP contribution in [0.1, 0.15) is 0 Å². The Morgan fingerprint density at radius 3 is 2.60 bits per heavy atom. The van der Waals surface area contributed by atoms with Gasteiger partial charge in [0.15, 0.2) is 0 Å². The molecule has 0 unspecified atom stereocenters. The molecule has 2 heterocycles. The first-order chi connectivity index (χ1) is 9.81. The number of aromatic nitrogens is 2. The van der Waals surface area contributed by atoms with E-state index in [9.17, 15) is 0 Å². The van der Waals surface area contributed by atoms with E-state index in [-0.39, 0.29) is 0 Å². The minimum Gasteiger partial charge on any atom is -0.367 e. The maximum Gasteiger partial charge on any atom is 0.230 e. The van der Waals surface area contributed by atoms with Crippen LogP contribution in [0.2, 0.25) is 0 Å². The molecule has 0 saturated carbocycles. The average Bonchev–Trinajstić information content (AvgIpc) is 2.89. The highest BCUT2D eigenvalue weighted by molar-refractivity contribution is 7.98. The summed E-state index contributed by atoms with van der Waals surface area (Å²) in [6.07, 6.45) is 5.49. The quantitative estimate of drug-likeness (QED) is 0.742. The molecule has 4 nitrogen and oxygen atoms in total. The molecule has 0 spiro atoms. The van der Waals surface area contributed by atoms with Gasteiger partial charge in [0, 0.05) is 22.9 Å². The number of anilines is 1. The number of nitrogen functional groups attached to an aromatic ring is 1. The van der Waals surface area contributed by atoms with E-state index in [1.54, 1.807) is 24.2 Å². The number of pyridine rings is 1. The van der Waals surface area contributed by atoms with Gasteiger partial charge in [0.1, 0.15) is 5.69 Å². The van der Waals surface area contributed by atoms with Gasteiger partial charge >= 0.3 is 0 Å². The van der Waals surface area contributed by atoms with Crippen molar-refractivity contribution < 1.29 is 4.52 Å². The van der Waals surface area contributed by atoms with Crippen molar-refractivity contribution in [1.82, 2.24) is 10.1 Å². The number of hydrogen-bond acceptors (Lipinski definition) is 5. The number of benzene rings is 1. The summed E-state index contributed by atoms with van der Waals surface area (Å²) < 4.78 is 5.20. The van der Waals surface area contributed by atoms with E-state index in [1.807, 2.05) is 36.6 Å². The molecule has 3 rings (SSSR count). The molecule has 2 N–H and O–H groups in total. The van der Waals surface area contributed by atoms with E-state index in [2.05, 4.69) is 16.2 Å². The third-order valence-corrected chi connectivity index (χ3v) is 3.85. The number of thioether (sulfide) groups is 1. The van der Waals surface area contributed by atoms with Crippen LogP contribution in [0, 0.1) is 0 Å². The fourth-order valence-electron chi connectivity index (χ4n) is 2.12. The van der Waals surface area contributed by atoms with Crippen LogP contribution in [0.4, 0.5) is 5.88 Å². The molecule has 0 bridgehead atoms. The molecule has 0 atom stereocenters. The third-order valence-electron chi connectivity index (χ3n) is 3.05. The molecule has 0 amide bonds. The SMILES string of the molecule is CSc1ccccc1-c1noc(N)c1-c1ccncc1. The minimum absolute atomic E-state index is 0.321. The van der Waals surface area contributed by atoms with Gasteiger partial charge in [-0.05, 0) is 30.0 Å². The summed E-state index contributed by atoms with van der Waals surface area (Å²) in [6.45, 7) is 0. The summed E-state index contributed by atoms with van der Waals surface area (Å²) in [7, 11) is 0. The van der Waals surface area contributed by atoms with Crippen LogP contribution in [0.15, 0.2) is 58.2 Å². The topological polar surface area (TPSA) is 64.9 Å². The van der Waals surface area contributed by atoms with Crippen molar-refractivity contribution in [3.63, 3.8) is 0 Å². The van der Waals surface area contributed by atoms with Crippen LogP contribution >= 0.6 is 11.8 Å². The van der Waals surface area contributed by atoms with Crippen LogP contribution < -0.4 is 5.73 Å². The van der Waals surface area contributed by atoms with E-state index in [0.717, 1.165) is 27.3 Å². The predicted octanol–water partition coefficient (Wildman–Crippen LogP) is 3.71.